The highest BCUT2D eigenvalue weighted by Gasteiger charge is 2.35. The van der Waals surface area contributed by atoms with Crippen molar-refractivity contribution in [3.05, 3.63) is 29.8 Å². The number of nitrogens with zero attached hydrogens (tertiary/aromatic N) is 1. The zero-order chi connectivity index (χ0) is 17.6. The van der Waals surface area contributed by atoms with Crippen LogP contribution in [0.5, 0.6) is 0 Å². The van der Waals surface area contributed by atoms with Crippen LogP contribution in [-0.4, -0.2) is 29.8 Å². The molecule has 0 aliphatic heterocycles. The maximum Gasteiger partial charge on any atom is 0.316 e. The van der Waals surface area contributed by atoms with E-state index in [1.54, 1.807) is 0 Å². The summed E-state index contributed by atoms with van der Waals surface area (Å²) in [5.74, 6) is -2.77. The van der Waals surface area contributed by atoms with Gasteiger partial charge in [-0.15, -0.1) is 11.8 Å². The molecule has 1 aliphatic rings. The van der Waals surface area contributed by atoms with Gasteiger partial charge in [-0.05, 0) is 43.9 Å². The third-order valence-electron chi connectivity index (χ3n) is 3.65. The van der Waals surface area contributed by atoms with E-state index in [1.807, 2.05) is 0 Å². The standard InChI is InChI=1S/C16H16F2N2O3S/c17-11-3-4-12(18)13(7-11)24-9-15(22)23-8-14(21)20-16(10-19)5-1-2-6-16/h3-4,7H,1-2,5-6,8-9H2,(H,20,21). The van der Waals surface area contributed by atoms with Crippen molar-refractivity contribution in [1.82, 2.24) is 5.32 Å². The predicted molar refractivity (Wildman–Crippen MR) is 83.0 cm³/mol. The Kier molecular flexibility index (Phi) is 6.15. The van der Waals surface area contributed by atoms with Gasteiger partial charge in [-0.25, -0.2) is 8.78 Å². The molecule has 0 spiro atoms. The molecule has 1 saturated carbocycles. The number of ether oxygens (including phenoxy) is 1. The van der Waals surface area contributed by atoms with E-state index in [2.05, 4.69) is 11.4 Å². The second-order valence-electron chi connectivity index (χ2n) is 5.47. The van der Waals surface area contributed by atoms with Gasteiger partial charge in [0.1, 0.15) is 17.2 Å². The molecule has 0 aromatic heterocycles. The summed E-state index contributed by atoms with van der Waals surface area (Å²) in [5.41, 5.74) is -0.872. The highest BCUT2D eigenvalue weighted by molar-refractivity contribution is 8.00. The van der Waals surface area contributed by atoms with Crippen LogP contribution in [0.3, 0.4) is 0 Å². The first-order chi connectivity index (χ1) is 11.4. The Morgan fingerprint density at radius 2 is 2.04 bits per heavy atom. The van der Waals surface area contributed by atoms with Crippen molar-refractivity contribution in [2.75, 3.05) is 12.4 Å². The Bertz CT molecular complexity index is 670. The van der Waals surface area contributed by atoms with Gasteiger partial charge < -0.3 is 10.1 Å². The Balaban J connectivity index is 1.76. The van der Waals surface area contributed by atoms with E-state index in [1.165, 1.54) is 0 Å². The molecule has 1 fully saturated rings. The van der Waals surface area contributed by atoms with Gasteiger partial charge in [-0.3, -0.25) is 9.59 Å². The van der Waals surface area contributed by atoms with Crippen molar-refractivity contribution in [1.29, 1.82) is 5.26 Å². The number of rotatable bonds is 6. The maximum absolute atomic E-state index is 13.4. The molecule has 8 heteroatoms. The number of hydrogen-bond acceptors (Lipinski definition) is 5. The molecule has 24 heavy (non-hydrogen) atoms. The molecular formula is C16H16F2N2O3S. The fourth-order valence-corrected chi connectivity index (χ4v) is 3.22. The third-order valence-corrected chi connectivity index (χ3v) is 4.66. The second kappa shape index (κ2) is 8.11. The summed E-state index contributed by atoms with van der Waals surface area (Å²) < 4.78 is 31.2. The quantitative estimate of drug-likeness (QED) is 0.627. The minimum Gasteiger partial charge on any atom is -0.455 e. The number of hydrogen-bond donors (Lipinski definition) is 1. The van der Waals surface area contributed by atoms with Gasteiger partial charge in [0, 0.05) is 4.90 Å². The Hall–Kier alpha value is -2.14. The number of nitriles is 1. The van der Waals surface area contributed by atoms with Gasteiger partial charge in [-0.1, -0.05) is 0 Å². The molecule has 0 atom stereocenters. The van der Waals surface area contributed by atoms with Crippen LogP contribution >= 0.6 is 11.8 Å². The van der Waals surface area contributed by atoms with Crippen molar-refractivity contribution in [3.63, 3.8) is 0 Å². The molecule has 0 saturated heterocycles. The van der Waals surface area contributed by atoms with E-state index < -0.39 is 35.7 Å². The summed E-state index contributed by atoms with van der Waals surface area (Å²) >= 11 is 0.784. The van der Waals surface area contributed by atoms with Crippen LogP contribution in [0.4, 0.5) is 8.78 Å². The lowest BCUT2D eigenvalue weighted by Crippen LogP contribution is -2.46. The van der Waals surface area contributed by atoms with Crippen LogP contribution in [0.25, 0.3) is 0 Å². The molecule has 128 valence electrons. The van der Waals surface area contributed by atoms with Crippen LogP contribution in [-0.2, 0) is 14.3 Å². The molecule has 0 unspecified atom stereocenters. The molecule has 5 nitrogen and oxygen atoms in total. The van der Waals surface area contributed by atoms with Gasteiger partial charge in [0.2, 0.25) is 0 Å². The largest absolute Gasteiger partial charge is 0.455 e. The monoisotopic (exact) mass is 354 g/mol. The number of halogens is 2. The topological polar surface area (TPSA) is 79.2 Å². The van der Waals surface area contributed by atoms with E-state index in [0.717, 1.165) is 42.8 Å². The van der Waals surface area contributed by atoms with E-state index >= 15 is 0 Å². The molecule has 1 aromatic rings. The number of nitrogens with one attached hydrogen (secondary N) is 1. The van der Waals surface area contributed by atoms with Gasteiger partial charge in [0.05, 0.1) is 11.8 Å². The van der Waals surface area contributed by atoms with E-state index in [-0.39, 0.29) is 10.6 Å². The molecule has 1 amide bonds. The molecule has 0 radical (unpaired) electrons. The number of amides is 1. The van der Waals surface area contributed by atoms with Crippen LogP contribution < -0.4 is 5.32 Å². The summed E-state index contributed by atoms with van der Waals surface area (Å²) in [6.45, 7) is -0.505. The summed E-state index contributed by atoms with van der Waals surface area (Å²) in [6.07, 6.45) is 2.89. The fourth-order valence-electron chi connectivity index (χ4n) is 2.46. The zero-order valence-electron chi connectivity index (χ0n) is 12.8. The molecule has 2 rings (SSSR count). The smallest absolute Gasteiger partial charge is 0.316 e. The SMILES string of the molecule is N#CC1(NC(=O)COC(=O)CSc2cc(F)ccc2F)CCCC1. The van der Waals surface area contributed by atoms with Crippen molar-refractivity contribution >= 4 is 23.6 Å². The van der Waals surface area contributed by atoms with Crippen molar-refractivity contribution in [3.8, 4) is 6.07 Å². The Morgan fingerprint density at radius 3 is 2.71 bits per heavy atom. The van der Waals surface area contributed by atoms with Crippen LogP contribution in [0, 0.1) is 23.0 Å². The zero-order valence-corrected chi connectivity index (χ0v) is 13.6. The summed E-state index contributed by atoms with van der Waals surface area (Å²) in [5, 5.41) is 11.8. The first-order valence-electron chi connectivity index (χ1n) is 7.40. The lowest BCUT2D eigenvalue weighted by molar-refractivity contribution is -0.146. The Morgan fingerprint density at radius 1 is 1.33 bits per heavy atom. The summed E-state index contributed by atoms with van der Waals surface area (Å²) in [7, 11) is 0. The van der Waals surface area contributed by atoms with Crippen molar-refractivity contribution < 1.29 is 23.1 Å². The van der Waals surface area contributed by atoms with E-state index in [9.17, 15) is 18.4 Å². The van der Waals surface area contributed by atoms with Gasteiger partial charge in [0.15, 0.2) is 6.61 Å². The molecule has 1 N–H and O–H groups in total. The number of carbonyl (C=O) groups excluding carboxylic acids is 2. The minimum atomic E-state index is -0.872. The first-order valence-corrected chi connectivity index (χ1v) is 8.38. The summed E-state index contributed by atoms with van der Waals surface area (Å²) in [4.78, 5) is 23.4. The second-order valence-corrected chi connectivity index (χ2v) is 6.49. The number of carbonyl (C=O) groups is 2. The van der Waals surface area contributed by atoms with E-state index in [0.29, 0.717) is 12.8 Å². The van der Waals surface area contributed by atoms with Crippen molar-refractivity contribution in [2.24, 2.45) is 0 Å². The van der Waals surface area contributed by atoms with Crippen LogP contribution in [0.15, 0.2) is 23.1 Å². The number of esters is 1. The predicted octanol–water partition coefficient (Wildman–Crippen LogP) is 2.55. The van der Waals surface area contributed by atoms with Gasteiger partial charge in [0.25, 0.3) is 5.91 Å². The molecule has 0 bridgehead atoms. The summed E-state index contributed by atoms with van der Waals surface area (Å²) in [6, 6.07) is 5.04. The lowest BCUT2D eigenvalue weighted by atomic mass is 10.00. The number of thioether (sulfide) groups is 1. The van der Waals surface area contributed by atoms with Crippen LogP contribution in [0.1, 0.15) is 25.7 Å². The minimum absolute atomic E-state index is 0.00853. The van der Waals surface area contributed by atoms with Gasteiger partial charge >= 0.3 is 5.97 Å². The van der Waals surface area contributed by atoms with E-state index in [4.69, 9.17) is 10.00 Å². The average molecular weight is 354 g/mol. The molecule has 0 heterocycles. The van der Waals surface area contributed by atoms with Crippen LogP contribution in [0.2, 0.25) is 0 Å². The first kappa shape index (κ1) is 18.2. The Labute approximate surface area is 142 Å². The van der Waals surface area contributed by atoms with Gasteiger partial charge in [-0.2, -0.15) is 5.26 Å². The average Bonchev–Trinajstić information content (AvgIpc) is 3.02. The maximum atomic E-state index is 13.4. The fraction of sp³-hybridized carbons (Fsp3) is 0.438. The molecular weight excluding hydrogens is 338 g/mol. The molecule has 1 aliphatic carbocycles. The van der Waals surface area contributed by atoms with Crippen molar-refractivity contribution in [2.45, 2.75) is 36.1 Å². The highest BCUT2D eigenvalue weighted by Crippen LogP contribution is 2.28. The molecule has 1 aromatic carbocycles. The highest BCUT2D eigenvalue weighted by atomic mass is 32.2. The normalized spacial score (nSPS) is 15.5. The number of benzene rings is 1. The lowest BCUT2D eigenvalue weighted by Gasteiger charge is -2.21. The third kappa shape index (κ3) is 4.93.